The molecule has 0 radical (unpaired) electrons. The number of nitrogens with zero attached hydrogens (tertiary/aromatic N) is 3. The summed E-state index contributed by atoms with van der Waals surface area (Å²) < 4.78 is 18.1. The van der Waals surface area contributed by atoms with Crippen LogP contribution in [0.1, 0.15) is 140 Å². The number of rotatable bonds is 3. The highest BCUT2D eigenvalue weighted by Crippen LogP contribution is 2.57. The molecule has 3 saturated carbocycles. The molecule has 3 unspecified atom stereocenters. The minimum atomic E-state index is -0.188. The van der Waals surface area contributed by atoms with Crippen molar-refractivity contribution >= 4 is 17.7 Å². The first-order valence-corrected chi connectivity index (χ1v) is 23.6. The third-order valence-corrected chi connectivity index (χ3v) is 16.8. The second kappa shape index (κ2) is 16.3. The highest BCUT2D eigenvalue weighted by atomic mass is 16.5. The van der Waals surface area contributed by atoms with Gasteiger partial charge in [-0.25, -0.2) is 0 Å². The lowest BCUT2D eigenvalue weighted by atomic mass is 9.73. The lowest BCUT2D eigenvalue weighted by Gasteiger charge is -2.35. The van der Waals surface area contributed by atoms with Crippen LogP contribution in [0.2, 0.25) is 0 Å². The van der Waals surface area contributed by atoms with E-state index in [1.807, 2.05) is 59.5 Å². The summed E-state index contributed by atoms with van der Waals surface area (Å²) in [6.07, 6.45) is 14.9. The Balaban J connectivity index is 0.000000110. The molecule has 6 heterocycles. The first-order chi connectivity index (χ1) is 29.6. The van der Waals surface area contributed by atoms with Crippen molar-refractivity contribution in [3.05, 3.63) is 108 Å². The van der Waals surface area contributed by atoms with E-state index in [4.69, 9.17) is 14.2 Å². The summed E-state index contributed by atoms with van der Waals surface area (Å²) in [6.45, 7) is 8.73. The third kappa shape index (κ3) is 6.70. The number of hydrogen-bond acceptors (Lipinski definition) is 6. The van der Waals surface area contributed by atoms with Crippen molar-refractivity contribution in [1.29, 1.82) is 0 Å². The summed E-state index contributed by atoms with van der Waals surface area (Å²) in [7, 11) is 0. The number of carbonyl (C=O) groups is 3. The normalized spacial score (nSPS) is 39.5. The molecule has 0 spiro atoms. The quantitative estimate of drug-likeness (QED) is 0.261. The molecule has 61 heavy (non-hydrogen) atoms. The van der Waals surface area contributed by atoms with Crippen LogP contribution < -0.4 is 0 Å². The van der Waals surface area contributed by atoms with Crippen LogP contribution in [0.5, 0.6) is 0 Å². The fourth-order valence-corrected chi connectivity index (χ4v) is 13.8. The first kappa shape index (κ1) is 41.0. The Hall–Kier alpha value is -4.05. The van der Waals surface area contributed by atoms with Crippen molar-refractivity contribution in [3.8, 4) is 0 Å². The van der Waals surface area contributed by atoms with Crippen LogP contribution in [0.25, 0.3) is 0 Å². The third-order valence-electron chi connectivity index (χ3n) is 16.8. The molecule has 12 atom stereocenters. The van der Waals surface area contributed by atoms with Gasteiger partial charge in [-0.15, -0.1) is 0 Å². The summed E-state index contributed by atoms with van der Waals surface area (Å²) in [5.74, 6) is 3.13. The van der Waals surface area contributed by atoms with Gasteiger partial charge in [-0.2, -0.15) is 0 Å². The number of fused-ring (bicyclic) bond motifs is 9. The lowest BCUT2D eigenvalue weighted by Crippen LogP contribution is -2.44. The van der Waals surface area contributed by atoms with E-state index >= 15 is 0 Å². The van der Waals surface area contributed by atoms with Gasteiger partial charge in [0.05, 0.1) is 36.4 Å². The monoisotopic (exact) mass is 827 g/mol. The maximum Gasteiger partial charge on any atom is 0.228 e. The minimum absolute atomic E-state index is 0.0846. The molecule has 9 heteroatoms. The van der Waals surface area contributed by atoms with E-state index in [0.29, 0.717) is 55.3 Å². The minimum Gasteiger partial charge on any atom is -0.351 e. The molecule has 3 amide bonds. The maximum atomic E-state index is 13.1. The Morgan fingerprint density at radius 3 is 1.03 bits per heavy atom. The standard InChI is InChI=1S/C19H25NO2.C17H21NO2.C16H19NO2/c1-19-13-22-18(14-9-5-4-6-10-14)20(19)17(21)15-11-7-2-3-8-12-16(15)19;1-17-11-20-16(12-7-3-2-4-8-12)18(17)15(19)13-9-5-6-10-14(13)17;1-16-10-19-15(11-6-3-2-4-7-11)17(16)14(18)12-8-5-9-13(12)16/h4-6,9-10,15-16,18H,2-3,7-8,11-13H2,1H3;2-4,7-8,13-14,16H,5-6,9-11H2,1H3;2-4,6-7,12-13,15H,5,8-10H2,1H3/t15-,16?,18+,19+;13-,14?,16+,17+;12-,13?,15+,16+/m111/s1. The number of amides is 3. The van der Waals surface area contributed by atoms with E-state index < -0.39 is 0 Å². The van der Waals surface area contributed by atoms with Crippen molar-refractivity contribution in [2.45, 2.75) is 140 Å². The largest absolute Gasteiger partial charge is 0.351 e. The number of ether oxygens (including phenoxy) is 3. The zero-order chi connectivity index (χ0) is 41.9. The second-order valence-corrected chi connectivity index (χ2v) is 20.3. The summed E-state index contributed by atoms with van der Waals surface area (Å²) in [6, 6.07) is 30.5. The number of carbonyl (C=O) groups excluding carboxylic acids is 3. The molecular weight excluding hydrogens is 763 g/mol. The van der Waals surface area contributed by atoms with Crippen LogP contribution in [0.4, 0.5) is 0 Å². The molecule has 9 aliphatic rings. The summed E-state index contributed by atoms with van der Waals surface area (Å²) in [4.78, 5) is 44.9. The van der Waals surface area contributed by atoms with Gasteiger partial charge in [0.15, 0.2) is 18.7 Å². The van der Waals surface area contributed by atoms with E-state index in [9.17, 15) is 14.4 Å². The van der Waals surface area contributed by atoms with Crippen molar-refractivity contribution in [2.24, 2.45) is 35.5 Å². The van der Waals surface area contributed by atoms with Gasteiger partial charge >= 0.3 is 0 Å². The van der Waals surface area contributed by atoms with Crippen LogP contribution in [-0.4, -0.2) is 68.9 Å². The molecule has 9 nitrogen and oxygen atoms in total. The first-order valence-electron chi connectivity index (χ1n) is 23.6. The molecule has 12 rings (SSSR count). The molecule has 3 aliphatic carbocycles. The summed E-state index contributed by atoms with van der Waals surface area (Å²) in [5.41, 5.74) is 3.01. The molecular formula is C52H65N3O6. The van der Waals surface area contributed by atoms with Gasteiger partial charge < -0.3 is 28.9 Å². The molecule has 6 saturated heterocycles. The van der Waals surface area contributed by atoms with Crippen molar-refractivity contribution in [1.82, 2.24) is 14.7 Å². The van der Waals surface area contributed by atoms with Crippen molar-refractivity contribution < 1.29 is 28.6 Å². The van der Waals surface area contributed by atoms with E-state index in [0.717, 1.165) is 36.0 Å². The Labute approximate surface area is 362 Å². The van der Waals surface area contributed by atoms with Gasteiger partial charge in [0.2, 0.25) is 17.7 Å². The van der Waals surface area contributed by atoms with E-state index in [2.05, 4.69) is 67.0 Å². The van der Waals surface area contributed by atoms with Crippen molar-refractivity contribution in [2.75, 3.05) is 19.8 Å². The molecule has 0 aromatic heterocycles. The van der Waals surface area contributed by atoms with Crippen LogP contribution in [0.3, 0.4) is 0 Å². The van der Waals surface area contributed by atoms with Crippen LogP contribution >= 0.6 is 0 Å². The lowest BCUT2D eigenvalue weighted by molar-refractivity contribution is -0.139. The summed E-state index contributed by atoms with van der Waals surface area (Å²) >= 11 is 0. The van der Waals surface area contributed by atoms with E-state index in [-0.39, 0.29) is 53.1 Å². The van der Waals surface area contributed by atoms with E-state index in [1.165, 1.54) is 64.2 Å². The van der Waals surface area contributed by atoms with Gasteiger partial charge in [0.25, 0.3) is 0 Å². The number of hydrogen-bond donors (Lipinski definition) is 0. The highest BCUT2D eigenvalue weighted by molar-refractivity contribution is 5.85. The topological polar surface area (TPSA) is 88.6 Å². The Morgan fingerprint density at radius 1 is 0.393 bits per heavy atom. The zero-order valence-electron chi connectivity index (χ0n) is 36.5. The molecule has 0 bridgehead atoms. The van der Waals surface area contributed by atoms with Gasteiger partial charge in [0.1, 0.15) is 0 Å². The average Bonchev–Trinajstić information content (AvgIpc) is 4.14. The van der Waals surface area contributed by atoms with Gasteiger partial charge in [-0.3, -0.25) is 14.4 Å². The predicted octanol–water partition coefficient (Wildman–Crippen LogP) is 9.76. The average molecular weight is 828 g/mol. The van der Waals surface area contributed by atoms with Gasteiger partial charge in [0, 0.05) is 34.4 Å². The van der Waals surface area contributed by atoms with Gasteiger partial charge in [-0.05, 0) is 77.0 Å². The Bertz CT molecular complexity index is 2070. The van der Waals surface area contributed by atoms with Gasteiger partial charge in [-0.1, -0.05) is 136 Å². The molecule has 3 aromatic rings. The fourth-order valence-electron chi connectivity index (χ4n) is 13.8. The Morgan fingerprint density at radius 2 is 0.672 bits per heavy atom. The smallest absolute Gasteiger partial charge is 0.228 e. The fraction of sp³-hybridized carbons (Fsp3) is 0.596. The SMILES string of the molecule is C[C@@]12CO[C@@H](c3ccccc3)N1C(=O)[C@@H]1CCCC12.C[C@@]12CO[C@@H](c3ccccc3)N1C(=O)[C@@H]1CCCCC12.C[C@@]12CO[C@@H](c3ccccc3)N1C(=O)[C@@H]1CCCCCCC12. The van der Waals surface area contributed by atoms with Crippen LogP contribution in [-0.2, 0) is 28.6 Å². The number of benzene rings is 3. The van der Waals surface area contributed by atoms with Crippen LogP contribution in [0, 0.1) is 35.5 Å². The summed E-state index contributed by atoms with van der Waals surface area (Å²) in [5, 5.41) is 0. The molecule has 9 fully saturated rings. The molecule has 6 aliphatic heterocycles. The molecule has 324 valence electrons. The highest BCUT2D eigenvalue weighted by Gasteiger charge is 2.64. The zero-order valence-corrected chi connectivity index (χ0v) is 36.5. The van der Waals surface area contributed by atoms with E-state index in [1.54, 1.807) is 0 Å². The molecule has 3 aromatic carbocycles. The second-order valence-electron chi connectivity index (χ2n) is 20.3. The Kier molecular flexibility index (Phi) is 10.9. The maximum absolute atomic E-state index is 13.1. The predicted molar refractivity (Wildman–Crippen MR) is 232 cm³/mol. The molecule has 0 N–H and O–H groups in total. The van der Waals surface area contributed by atoms with Crippen LogP contribution in [0.15, 0.2) is 91.0 Å². The van der Waals surface area contributed by atoms with Crippen molar-refractivity contribution in [3.63, 3.8) is 0 Å².